The van der Waals surface area contributed by atoms with E-state index < -0.39 is 5.91 Å². The van der Waals surface area contributed by atoms with Gasteiger partial charge in [0.25, 0.3) is 0 Å². The lowest BCUT2D eigenvalue weighted by Gasteiger charge is -2.28. The van der Waals surface area contributed by atoms with Crippen LogP contribution in [0.5, 0.6) is 0 Å². The van der Waals surface area contributed by atoms with E-state index in [2.05, 4.69) is 13.8 Å². The van der Waals surface area contributed by atoms with Gasteiger partial charge in [0.2, 0.25) is 5.91 Å². The number of nitrogens with two attached hydrogens (primary N) is 1. The van der Waals surface area contributed by atoms with Crippen molar-refractivity contribution in [2.75, 3.05) is 13.1 Å². The van der Waals surface area contributed by atoms with E-state index in [-0.39, 0.29) is 18.4 Å². The van der Waals surface area contributed by atoms with Gasteiger partial charge in [-0.1, -0.05) is 43.7 Å². The fraction of sp³-hybridized carbons (Fsp3) is 0.500. The van der Waals surface area contributed by atoms with Crippen LogP contribution in [0.1, 0.15) is 36.7 Å². The number of carbonyl (C=O) groups excluding carboxylic acids is 2. The molecule has 1 rings (SSSR count). The molecule has 1 unspecified atom stereocenters. The maximum Gasteiger partial charge on any atom is 0.231 e. The molecular weight excluding hydrogens is 252 g/mol. The molecule has 20 heavy (non-hydrogen) atoms. The molecule has 0 fully saturated rings. The van der Waals surface area contributed by atoms with Crippen LogP contribution >= 0.6 is 0 Å². The average molecular weight is 276 g/mol. The highest BCUT2D eigenvalue weighted by atomic mass is 16.1. The van der Waals surface area contributed by atoms with Gasteiger partial charge in [0.05, 0.1) is 12.6 Å². The molecule has 0 saturated heterocycles. The van der Waals surface area contributed by atoms with Crippen LogP contribution in [0.4, 0.5) is 0 Å². The van der Waals surface area contributed by atoms with Crippen LogP contribution < -0.4 is 5.73 Å². The van der Waals surface area contributed by atoms with E-state index in [9.17, 15) is 9.59 Å². The third-order valence-corrected chi connectivity index (χ3v) is 3.22. The van der Waals surface area contributed by atoms with Crippen LogP contribution in [0.2, 0.25) is 0 Å². The molecule has 0 bridgehead atoms. The van der Waals surface area contributed by atoms with Crippen molar-refractivity contribution in [3.63, 3.8) is 0 Å². The fourth-order valence-corrected chi connectivity index (χ4v) is 2.15. The van der Waals surface area contributed by atoms with Crippen molar-refractivity contribution in [2.45, 2.75) is 33.7 Å². The monoisotopic (exact) mass is 276 g/mol. The molecule has 0 aliphatic carbocycles. The molecule has 2 N–H and O–H groups in total. The first kappa shape index (κ1) is 16.4. The quantitative estimate of drug-likeness (QED) is 0.775. The third kappa shape index (κ3) is 4.78. The first-order valence-electron chi connectivity index (χ1n) is 6.94. The minimum absolute atomic E-state index is 0.0203. The summed E-state index contributed by atoms with van der Waals surface area (Å²) in [5, 5.41) is 0. The SMILES string of the molecule is Cc1ccc(C(=O)C(C)N(CC(N)=O)CC(C)C)cc1. The Morgan fingerprint density at radius 2 is 1.70 bits per heavy atom. The first-order chi connectivity index (χ1) is 9.31. The molecule has 1 aromatic rings. The summed E-state index contributed by atoms with van der Waals surface area (Å²) in [6, 6.07) is 7.13. The number of aryl methyl sites for hydroxylation is 1. The van der Waals surface area contributed by atoms with Gasteiger partial charge in [0.1, 0.15) is 0 Å². The molecular formula is C16H24N2O2. The van der Waals surface area contributed by atoms with Crippen LogP contribution in [-0.4, -0.2) is 35.7 Å². The molecule has 110 valence electrons. The van der Waals surface area contributed by atoms with Gasteiger partial charge in [-0.15, -0.1) is 0 Å². The van der Waals surface area contributed by atoms with Gasteiger partial charge < -0.3 is 5.73 Å². The van der Waals surface area contributed by atoms with Crippen LogP contribution in [0.15, 0.2) is 24.3 Å². The van der Waals surface area contributed by atoms with Crippen LogP contribution in [-0.2, 0) is 4.79 Å². The van der Waals surface area contributed by atoms with Gasteiger partial charge in [0, 0.05) is 12.1 Å². The van der Waals surface area contributed by atoms with E-state index in [0.717, 1.165) is 5.56 Å². The molecule has 4 heteroatoms. The summed E-state index contributed by atoms with van der Waals surface area (Å²) in [6.07, 6.45) is 0. The highest BCUT2D eigenvalue weighted by molar-refractivity contribution is 6.00. The minimum atomic E-state index is -0.408. The number of primary amides is 1. The number of hydrogen-bond acceptors (Lipinski definition) is 3. The lowest BCUT2D eigenvalue weighted by Crippen LogP contribution is -2.45. The summed E-state index contributed by atoms with van der Waals surface area (Å²) in [5.74, 6) is -0.0243. The highest BCUT2D eigenvalue weighted by Crippen LogP contribution is 2.12. The molecule has 0 spiro atoms. The zero-order chi connectivity index (χ0) is 15.3. The predicted octanol–water partition coefficient (Wildman–Crippen LogP) is 2.01. The van der Waals surface area contributed by atoms with E-state index >= 15 is 0 Å². The summed E-state index contributed by atoms with van der Waals surface area (Å²) in [4.78, 5) is 25.5. The van der Waals surface area contributed by atoms with Crippen molar-refractivity contribution in [3.8, 4) is 0 Å². The molecule has 1 aromatic carbocycles. The zero-order valence-electron chi connectivity index (χ0n) is 12.7. The standard InChI is InChI=1S/C16H24N2O2/c1-11(2)9-18(10-15(17)19)13(4)16(20)14-7-5-12(3)6-8-14/h5-8,11,13H,9-10H2,1-4H3,(H2,17,19). The van der Waals surface area contributed by atoms with Gasteiger partial charge in [-0.05, 0) is 19.8 Å². The Morgan fingerprint density at radius 1 is 1.15 bits per heavy atom. The maximum absolute atomic E-state index is 12.5. The van der Waals surface area contributed by atoms with Crippen LogP contribution in [0.25, 0.3) is 0 Å². The number of carbonyl (C=O) groups is 2. The second-order valence-corrected chi connectivity index (χ2v) is 5.70. The summed E-state index contributed by atoms with van der Waals surface area (Å²) in [5.41, 5.74) is 7.06. The van der Waals surface area contributed by atoms with Crippen LogP contribution in [0, 0.1) is 12.8 Å². The Bertz CT molecular complexity index is 466. The molecule has 0 saturated carbocycles. The van der Waals surface area contributed by atoms with E-state index in [0.29, 0.717) is 18.0 Å². The molecule has 0 aliphatic heterocycles. The summed E-state index contributed by atoms with van der Waals surface area (Å²) >= 11 is 0. The van der Waals surface area contributed by atoms with Gasteiger partial charge in [-0.3, -0.25) is 14.5 Å². The smallest absolute Gasteiger partial charge is 0.231 e. The van der Waals surface area contributed by atoms with Crippen molar-refractivity contribution >= 4 is 11.7 Å². The number of amides is 1. The summed E-state index contributed by atoms with van der Waals surface area (Å²) in [7, 11) is 0. The molecule has 0 radical (unpaired) electrons. The molecule has 4 nitrogen and oxygen atoms in total. The number of benzene rings is 1. The molecule has 0 heterocycles. The zero-order valence-corrected chi connectivity index (χ0v) is 12.7. The second-order valence-electron chi connectivity index (χ2n) is 5.70. The van der Waals surface area contributed by atoms with Crippen molar-refractivity contribution in [2.24, 2.45) is 11.7 Å². The van der Waals surface area contributed by atoms with Gasteiger partial charge in [-0.2, -0.15) is 0 Å². The number of Topliss-reactive ketones (excluding diaryl/α,β-unsaturated/α-hetero) is 1. The topological polar surface area (TPSA) is 63.4 Å². The Balaban J connectivity index is 2.86. The normalized spacial score (nSPS) is 12.7. The van der Waals surface area contributed by atoms with Crippen molar-refractivity contribution in [1.82, 2.24) is 4.90 Å². The van der Waals surface area contributed by atoms with Crippen molar-refractivity contribution in [1.29, 1.82) is 0 Å². The highest BCUT2D eigenvalue weighted by Gasteiger charge is 2.24. The van der Waals surface area contributed by atoms with E-state index in [1.807, 2.05) is 43.0 Å². The Kier molecular flexibility index (Phi) is 5.89. The van der Waals surface area contributed by atoms with E-state index in [1.54, 1.807) is 0 Å². The lowest BCUT2D eigenvalue weighted by molar-refractivity contribution is -0.119. The first-order valence-corrected chi connectivity index (χ1v) is 6.94. The van der Waals surface area contributed by atoms with E-state index in [4.69, 9.17) is 5.73 Å². The summed E-state index contributed by atoms with van der Waals surface area (Å²) < 4.78 is 0. The molecule has 0 aromatic heterocycles. The minimum Gasteiger partial charge on any atom is -0.369 e. The van der Waals surface area contributed by atoms with Gasteiger partial charge in [-0.25, -0.2) is 0 Å². The van der Waals surface area contributed by atoms with Gasteiger partial charge >= 0.3 is 0 Å². The average Bonchev–Trinajstić information content (AvgIpc) is 2.36. The lowest BCUT2D eigenvalue weighted by atomic mass is 10.0. The van der Waals surface area contributed by atoms with E-state index in [1.165, 1.54) is 0 Å². The largest absolute Gasteiger partial charge is 0.369 e. The molecule has 0 aliphatic rings. The predicted molar refractivity (Wildman–Crippen MR) is 80.6 cm³/mol. The number of ketones is 1. The second kappa shape index (κ2) is 7.20. The van der Waals surface area contributed by atoms with Crippen LogP contribution in [0.3, 0.4) is 0 Å². The Labute approximate surface area is 121 Å². The number of rotatable bonds is 7. The van der Waals surface area contributed by atoms with Crippen molar-refractivity contribution in [3.05, 3.63) is 35.4 Å². The maximum atomic E-state index is 12.5. The Morgan fingerprint density at radius 3 is 2.15 bits per heavy atom. The number of hydrogen-bond donors (Lipinski definition) is 1. The molecule has 1 amide bonds. The Hall–Kier alpha value is -1.68. The number of nitrogens with zero attached hydrogens (tertiary/aromatic N) is 1. The van der Waals surface area contributed by atoms with Gasteiger partial charge in [0.15, 0.2) is 5.78 Å². The third-order valence-electron chi connectivity index (χ3n) is 3.22. The van der Waals surface area contributed by atoms with Crippen molar-refractivity contribution < 1.29 is 9.59 Å². The molecule has 1 atom stereocenters. The fourth-order valence-electron chi connectivity index (χ4n) is 2.15. The summed E-state index contributed by atoms with van der Waals surface area (Å²) in [6.45, 7) is 8.69.